The number of nitrogens with zero attached hydrogens (tertiary/aromatic N) is 2. The first-order valence-corrected chi connectivity index (χ1v) is 10.4. The number of halogens is 1. The molecule has 0 saturated carbocycles. The molecule has 26 heavy (non-hydrogen) atoms. The fraction of sp³-hybridized carbons (Fsp3) is 0.650. The van der Waals surface area contributed by atoms with Crippen molar-refractivity contribution in [1.82, 2.24) is 15.5 Å². The fourth-order valence-electron chi connectivity index (χ4n) is 3.02. The van der Waals surface area contributed by atoms with E-state index in [2.05, 4.69) is 71.8 Å². The van der Waals surface area contributed by atoms with Crippen LogP contribution in [-0.2, 0) is 6.54 Å². The third-order valence-electron chi connectivity index (χ3n) is 5.04. The Labute approximate surface area is 181 Å². The van der Waals surface area contributed by atoms with Gasteiger partial charge >= 0.3 is 0 Å². The molecule has 2 N–H and O–H groups in total. The van der Waals surface area contributed by atoms with Gasteiger partial charge in [0, 0.05) is 44.0 Å². The third-order valence-corrected chi connectivity index (χ3v) is 6.29. The first kappa shape index (κ1) is 23.6. The molecular formula is C20H35IN4S. The normalized spacial score (nSPS) is 16.9. The predicted molar refractivity (Wildman–Crippen MR) is 127 cm³/mol. The summed E-state index contributed by atoms with van der Waals surface area (Å²) in [6.45, 7) is 11.0. The highest BCUT2D eigenvalue weighted by atomic mass is 127. The topological polar surface area (TPSA) is 39.7 Å². The van der Waals surface area contributed by atoms with Crippen molar-refractivity contribution in [3.8, 4) is 0 Å². The van der Waals surface area contributed by atoms with E-state index >= 15 is 0 Å². The summed E-state index contributed by atoms with van der Waals surface area (Å²) in [4.78, 5) is 6.95. The summed E-state index contributed by atoms with van der Waals surface area (Å²) in [5.74, 6) is 0.930. The van der Waals surface area contributed by atoms with Gasteiger partial charge in [-0.05, 0) is 51.0 Å². The Balaban J connectivity index is 0.00000338. The van der Waals surface area contributed by atoms with Crippen LogP contribution in [0.4, 0.5) is 0 Å². The average molecular weight is 490 g/mol. The predicted octanol–water partition coefficient (Wildman–Crippen LogP) is 3.88. The lowest BCUT2D eigenvalue weighted by molar-refractivity contribution is 0.198. The molecule has 1 aromatic rings. The number of thioether (sulfide) groups is 1. The number of piperidine rings is 1. The molecule has 1 aromatic carbocycles. The molecule has 148 valence electrons. The molecule has 0 aromatic heterocycles. The standard InChI is InChI=1S/C20H34N4S.HI/c1-16-8-6-7-9-17(16)14-24-12-10-18(11-13-24)23-19(21-4)22-15-20(2,3)25-5;/h6-9,18H,10-15H2,1-5H3,(H2,21,22,23);1H. The summed E-state index contributed by atoms with van der Waals surface area (Å²) in [6.07, 6.45) is 4.49. The van der Waals surface area contributed by atoms with E-state index in [1.54, 1.807) is 0 Å². The zero-order chi connectivity index (χ0) is 18.3. The van der Waals surface area contributed by atoms with Crippen LogP contribution >= 0.6 is 35.7 Å². The van der Waals surface area contributed by atoms with Crippen LogP contribution in [0.5, 0.6) is 0 Å². The van der Waals surface area contributed by atoms with Crippen LogP contribution in [0.1, 0.15) is 37.8 Å². The Hall–Kier alpha value is -0.470. The first-order chi connectivity index (χ1) is 11.9. The van der Waals surface area contributed by atoms with Crippen LogP contribution in [0.15, 0.2) is 29.3 Å². The smallest absolute Gasteiger partial charge is 0.191 e. The van der Waals surface area contributed by atoms with Crippen molar-refractivity contribution < 1.29 is 0 Å². The van der Waals surface area contributed by atoms with E-state index in [9.17, 15) is 0 Å². The summed E-state index contributed by atoms with van der Waals surface area (Å²) in [6, 6.07) is 9.22. The highest BCUT2D eigenvalue weighted by Gasteiger charge is 2.21. The van der Waals surface area contributed by atoms with Crippen LogP contribution in [0.3, 0.4) is 0 Å². The molecule has 0 unspecified atom stereocenters. The minimum absolute atomic E-state index is 0. The van der Waals surface area contributed by atoms with Gasteiger partial charge in [-0.1, -0.05) is 24.3 Å². The molecule has 0 aliphatic carbocycles. The van der Waals surface area contributed by atoms with E-state index in [1.807, 2.05) is 18.8 Å². The molecule has 0 spiro atoms. The molecule has 2 rings (SSSR count). The van der Waals surface area contributed by atoms with Gasteiger partial charge in [-0.25, -0.2) is 0 Å². The van der Waals surface area contributed by atoms with E-state index in [4.69, 9.17) is 0 Å². The Bertz CT molecular complexity index is 569. The van der Waals surface area contributed by atoms with Crippen molar-refractivity contribution >= 4 is 41.7 Å². The van der Waals surface area contributed by atoms with Gasteiger partial charge in [-0.15, -0.1) is 24.0 Å². The van der Waals surface area contributed by atoms with Crippen LogP contribution in [-0.4, -0.2) is 54.6 Å². The third kappa shape index (κ3) is 7.64. The van der Waals surface area contributed by atoms with Gasteiger partial charge in [0.25, 0.3) is 0 Å². The zero-order valence-corrected chi connectivity index (χ0v) is 20.0. The minimum atomic E-state index is 0. The Morgan fingerprint density at radius 2 is 1.92 bits per heavy atom. The van der Waals surface area contributed by atoms with Gasteiger partial charge in [0.2, 0.25) is 0 Å². The number of likely N-dealkylation sites (tertiary alicyclic amines) is 1. The highest BCUT2D eigenvalue weighted by Crippen LogP contribution is 2.19. The quantitative estimate of drug-likeness (QED) is 0.361. The van der Waals surface area contributed by atoms with Crippen LogP contribution < -0.4 is 10.6 Å². The maximum absolute atomic E-state index is 4.39. The van der Waals surface area contributed by atoms with Gasteiger partial charge in [0.15, 0.2) is 5.96 Å². The molecule has 1 aliphatic heterocycles. The van der Waals surface area contributed by atoms with E-state index in [0.29, 0.717) is 6.04 Å². The van der Waals surface area contributed by atoms with Gasteiger partial charge in [0.1, 0.15) is 0 Å². The van der Waals surface area contributed by atoms with Gasteiger partial charge < -0.3 is 10.6 Å². The maximum Gasteiger partial charge on any atom is 0.191 e. The second kappa shape index (κ2) is 11.4. The summed E-state index contributed by atoms with van der Waals surface area (Å²) < 4.78 is 0.217. The van der Waals surface area contributed by atoms with E-state index in [0.717, 1.165) is 32.1 Å². The first-order valence-electron chi connectivity index (χ1n) is 9.23. The maximum atomic E-state index is 4.39. The number of aryl methyl sites for hydroxylation is 1. The van der Waals surface area contributed by atoms with E-state index < -0.39 is 0 Å². The second-order valence-electron chi connectivity index (χ2n) is 7.51. The van der Waals surface area contributed by atoms with Crippen LogP contribution in [0.25, 0.3) is 0 Å². The number of hydrogen-bond acceptors (Lipinski definition) is 3. The van der Waals surface area contributed by atoms with E-state index in [1.165, 1.54) is 24.0 Å². The molecule has 0 amide bonds. The fourth-order valence-corrected chi connectivity index (χ4v) is 3.24. The molecule has 6 heteroatoms. The lowest BCUT2D eigenvalue weighted by atomic mass is 10.0. The van der Waals surface area contributed by atoms with Gasteiger partial charge in [0.05, 0.1) is 0 Å². The highest BCUT2D eigenvalue weighted by molar-refractivity contribution is 14.0. The van der Waals surface area contributed by atoms with Gasteiger partial charge in [-0.3, -0.25) is 9.89 Å². The van der Waals surface area contributed by atoms with Crippen molar-refractivity contribution in [3.63, 3.8) is 0 Å². The molecule has 1 fully saturated rings. The molecule has 0 atom stereocenters. The summed E-state index contributed by atoms with van der Waals surface area (Å²) in [7, 11) is 1.86. The number of nitrogens with one attached hydrogen (secondary N) is 2. The Kier molecular flexibility index (Phi) is 10.3. The van der Waals surface area contributed by atoms with Gasteiger partial charge in [-0.2, -0.15) is 11.8 Å². The SMILES string of the molecule is CN=C(NCC(C)(C)SC)NC1CCN(Cc2ccccc2C)CC1.I. The molecular weight excluding hydrogens is 455 g/mol. The lowest BCUT2D eigenvalue weighted by Gasteiger charge is -2.34. The van der Waals surface area contributed by atoms with Crippen LogP contribution in [0.2, 0.25) is 0 Å². The van der Waals surface area contributed by atoms with Crippen molar-refractivity contribution in [2.75, 3.05) is 32.9 Å². The van der Waals surface area contributed by atoms with E-state index in [-0.39, 0.29) is 28.7 Å². The van der Waals surface area contributed by atoms with Crippen molar-refractivity contribution in [2.24, 2.45) is 4.99 Å². The Morgan fingerprint density at radius 3 is 2.50 bits per heavy atom. The zero-order valence-electron chi connectivity index (χ0n) is 16.8. The minimum Gasteiger partial charge on any atom is -0.355 e. The van der Waals surface area contributed by atoms with Crippen molar-refractivity contribution in [3.05, 3.63) is 35.4 Å². The Morgan fingerprint density at radius 1 is 1.27 bits per heavy atom. The molecule has 4 nitrogen and oxygen atoms in total. The number of benzene rings is 1. The molecule has 1 saturated heterocycles. The number of guanidine groups is 1. The molecule has 0 bridgehead atoms. The van der Waals surface area contributed by atoms with Crippen molar-refractivity contribution in [2.45, 2.75) is 50.9 Å². The lowest BCUT2D eigenvalue weighted by Crippen LogP contribution is -2.50. The summed E-state index contributed by atoms with van der Waals surface area (Å²) >= 11 is 1.88. The molecule has 1 aliphatic rings. The largest absolute Gasteiger partial charge is 0.355 e. The summed E-state index contributed by atoms with van der Waals surface area (Å²) in [5, 5.41) is 7.07. The molecule has 0 radical (unpaired) electrons. The molecule has 1 heterocycles. The van der Waals surface area contributed by atoms with Crippen molar-refractivity contribution in [1.29, 1.82) is 0 Å². The summed E-state index contributed by atoms with van der Waals surface area (Å²) in [5.41, 5.74) is 2.84. The number of aliphatic imine (C=N–C) groups is 1. The van der Waals surface area contributed by atoms with Crippen LogP contribution in [0, 0.1) is 6.92 Å². The average Bonchev–Trinajstić information content (AvgIpc) is 2.62. The number of hydrogen-bond donors (Lipinski definition) is 2. The second-order valence-corrected chi connectivity index (χ2v) is 9.02. The number of rotatable bonds is 6. The monoisotopic (exact) mass is 490 g/mol.